The van der Waals surface area contributed by atoms with Gasteiger partial charge in [-0.2, -0.15) is 13.2 Å². The number of benzene rings is 3. The second-order valence-corrected chi connectivity index (χ2v) is 9.22. The van der Waals surface area contributed by atoms with Crippen molar-refractivity contribution in [3.63, 3.8) is 0 Å². The first-order chi connectivity index (χ1) is 16.8. The number of nitrogens with zero attached hydrogens (tertiary/aromatic N) is 2. The van der Waals surface area contributed by atoms with E-state index in [4.69, 9.17) is 0 Å². The van der Waals surface area contributed by atoms with E-state index < -0.39 is 11.7 Å². The van der Waals surface area contributed by atoms with Crippen LogP contribution in [0.15, 0.2) is 78.1 Å². The maximum atomic E-state index is 13.3. The summed E-state index contributed by atoms with van der Waals surface area (Å²) in [5, 5.41) is 1.38. The summed E-state index contributed by atoms with van der Waals surface area (Å²) in [6, 6.07) is 19.1. The molecule has 0 spiro atoms. The summed E-state index contributed by atoms with van der Waals surface area (Å²) in [6.07, 6.45) is -1.87. The second kappa shape index (κ2) is 9.26. The van der Waals surface area contributed by atoms with E-state index in [0.29, 0.717) is 22.8 Å². The Balaban J connectivity index is 1.48. The van der Waals surface area contributed by atoms with E-state index in [9.17, 15) is 18.0 Å². The van der Waals surface area contributed by atoms with Crippen molar-refractivity contribution in [1.29, 1.82) is 0 Å². The summed E-state index contributed by atoms with van der Waals surface area (Å²) in [7, 11) is 0. The van der Waals surface area contributed by atoms with Gasteiger partial charge in [0, 0.05) is 22.7 Å². The predicted octanol–water partition coefficient (Wildman–Crippen LogP) is 7.12. The summed E-state index contributed by atoms with van der Waals surface area (Å²) < 4.78 is 41.7. The maximum absolute atomic E-state index is 13.3. The topological polar surface area (TPSA) is 50.7 Å². The van der Waals surface area contributed by atoms with Gasteiger partial charge < -0.3 is 9.55 Å². The van der Waals surface area contributed by atoms with Crippen LogP contribution in [-0.2, 0) is 19.1 Å². The number of para-hydroxylation sites is 1. The Hall–Kier alpha value is -3.52. The van der Waals surface area contributed by atoms with Crippen molar-refractivity contribution < 1.29 is 18.0 Å². The molecule has 0 amide bonds. The monoisotopic (exact) mass is 493 g/mol. The molecule has 0 aliphatic carbocycles. The normalized spacial score (nSPS) is 12.0. The Bertz CT molecular complexity index is 1520. The van der Waals surface area contributed by atoms with Crippen LogP contribution in [0.1, 0.15) is 34.0 Å². The van der Waals surface area contributed by atoms with Crippen LogP contribution in [0, 0.1) is 0 Å². The van der Waals surface area contributed by atoms with Crippen LogP contribution < -0.4 is 0 Å². The largest absolute Gasteiger partial charge is 0.416 e. The zero-order chi connectivity index (χ0) is 24.6. The first-order valence-electron chi connectivity index (χ1n) is 11.2. The van der Waals surface area contributed by atoms with Crippen molar-refractivity contribution in [1.82, 2.24) is 14.5 Å². The number of Topliss-reactive ketones (excluding diaryl/α,β-unsaturated/α-hetero) is 1. The molecule has 2 aromatic heterocycles. The van der Waals surface area contributed by atoms with Gasteiger partial charge in [0.05, 0.1) is 28.9 Å². The molecule has 178 valence electrons. The van der Waals surface area contributed by atoms with Gasteiger partial charge in [-0.1, -0.05) is 67.2 Å². The van der Waals surface area contributed by atoms with E-state index >= 15 is 0 Å². The number of ketones is 1. The van der Waals surface area contributed by atoms with Crippen molar-refractivity contribution >= 4 is 39.5 Å². The van der Waals surface area contributed by atoms with Crippen molar-refractivity contribution in [2.45, 2.75) is 31.2 Å². The summed E-state index contributed by atoms with van der Waals surface area (Å²) in [4.78, 5) is 20.8. The molecule has 0 fully saturated rings. The number of aromatic amines is 1. The number of fused-ring (bicyclic) bond motifs is 2. The third-order valence-electron chi connectivity index (χ3n) is 6.04. The molecule has 0 unspecified atom stereocenters. The van der Waals surface area contributed by atoms with E-state index in [-0.39, 0.29) is 17.1 Å². The molecule has 5 aromatic rings. The number of rotatable bonds is 7. The average Bonchev–Trinajstić information content (AvgIpc) is 3.44. The molecule has 0 saturated carbocycles. The molecule has 0 aliphatic heterocycles. The molecule has 8 heteroatoms. The Morgan fingerprint density at radius 3 is 2.60 bits per heavy atom. The maximum Gasteiger partial charge on any atom is 0.416 e. The van der Waals surface area contributed by atoms with Gasteiger partial charge in [-0.3, -0.25) is 4.79 Å². The highest BCUT2D eigenvalue weighted by Crippen LogP contribution is 2.33. The second-order valence-electron chi connectivity index (χ2n) is 8.27. The van der Waals surface area contributed by atoms with Crippen LogP contribution in [0.25, 0.3) is 21.9 Å². The Morgan fingerprint density at radius 2 is 1.86 bits per heavy atom. The summed E-state index contributed by atoms with van der Waals surface area (Å²) in [5.41, 5.74) is 3.80. The lowest BCUT2D eigenvalue weighted by atomic mass is 10.1. The van der Waals surface area contributed by atoms with Gasteiger partial charge in [0.2, 0.25) is 0 Å². The van der Waals surface area contributed by atoms with Gasteiger partial charge in [0.1, 0.15) is 0 Å². The molecule has 0 bridgehead atoms. The van der Waals surface area contributed by atoms with Crippen molar-refractivity contribution in [3.8, 4) is 0 Å². The van der Waals surface area contributed by atoms with Crippen LogP contribution in [0.5, 0.6) is 0 Å². The number of alkyl halides is 3. The summed E-state index contributed by atoms with van der Waals surface area (Å²) in [5.74, 6) is 0.0527. The Kier molecular flexibility index (Phi) is 6.15. The molecule has 0 atom stereocenters. The number of carbonyl (C=O) groups is 1. The third kappa shape index (κ3) is 4.58. The number of carbonyl (C=O) groups excluding carboxylic acids is 1. The minimum absolute atomic E-state index is 0.0659. The van der Waals surface area contributed by atoms with E-state index in [1.807, 2.05) is 53.1 Å². The molecule has 5 rings (SSSR count). The molecule has 3 aromatic carbocycles. The minimum Gasteiger partial charge on any atom is -0.360 e. The zero-order valence-corrected chi connectivity index (χ0v) is 19.7. The van der Waals surface area contributed by atoms with Gasteiger partial charge >= 0.3 is 6.18 Å². The highest BCUT2D eigenvalue weighted by atomic mass is 32.2. The Labute approximate surface area is 204 Å². The molecule has 1 N–H and O–H groups in total. The van der Waals surface area contributed by atoms with Crippen LogP contribution in [-0.4, -0.2) is 26.1 Å². The molecule has 2 heterocycles. The number of thioether (sulfide) groups is 1. The molecule has 0 saturated heterocycles. The number of nitrogens with one attached hydrogen (secondary N) is 1. The standard InChI is InChI=1S/C27H22F3N3OS/c1-2-18-9-6-10-20-21(14-31-25(18)20)24(34)16-35-26-32-22-13-19(27(28,29)30)11-12-23(22)33(26)15-17-7-4-3-5-8-17/h3-14,31H,2,15-16H2,1H3. The molecule has 35 heavy (non-hydrogen) atoms. The van der Waals surface area contributed by atoms with Gasteiger partial charge in [-0.25, -0.2) is 4.98 Å². The van der Waals surface area contributed by atoms with Crippen LogP contribution in [0.2, 0.25) is 0 Å². The Morgan fingerprint density at radius 1 is 1.06 bits per heavy atom. The lowest BCUT2D eigenvalue weighted by Crippen LogP contribution is -2.06. The minimum atomic E-state index is -4.45. The molecule has 0 aliphatic rings. The number of H-pyrrole nitrogens is 1. The van der Waals surface area contributed by atoms with Crippen molar-refractivity contribution in [3.05, 3.63) is 95.2 Å². The van der Waals surface area contributed by atoms with Gasteiger partial charge in [-0.05, 0) is 35.7 Å². The SMILES string of the molecule is CCc1cccc2c(C(=O)CSc3nc4cc(C(F)(F)F)ccc4n3Cc3ccccc3)c[nH]c12. The first kappa shape index (κ1) is 23.2. The zero-order valence-electron chi connectivity index (χ0n) is 18.9. The number of imidazole rings is 1. The van der Waals surface area contributed by atoms with E-state index in [1.165, 1.54) is 17.8 Å². The van der Waals surface area contributed by atoms with Gasteiger partial charge in [0.15, 0.2) is 10.9 Å². The molecule has 0 radical (unpaired) electrons. The molecule has 4 nitrogen and oxygen atoms in total. The fourth-order valence-electron chi connectivity index (χ4n) is 4.26. The first-order valence-corrected chi connectivity index (χ1v) is 12.2. The van der Waals surface area contributed by atoms with Gasteiger partial charge in [0.25, 0.3) is 0 Å². The lowest BCUT2D eigenvalue weighted by molar-refractivity contribution is -0.137. The van der Waals surface area contributed by atoms with Crippen molar-refractivity contribution in [2.75, 3.05) is 5.75 Å². The number of aryl methyl sites for hydroxylation is 1. The van der Waals surface area contributed by atoms with Gasteiger partial charge in [-0.15, -0.1) is 0 Å². The third-order valence-corrected chi connectivity index (χ3v) is 7.02. The highest BCUT2D eigenvalue weighted by Gasteiger charge is 2.31. The van der Waals surface area contributed by atoms with E-state index in [0.717, 1.165) is 40.6 Å². The summed E-state index contributed by atoms with van der Waals surface area (Å²) >= 11 is 1.24. The average molecular weight is 494 g/mol. The fourth-order valence-corrected chi connectivity index (χ4v) is 5.16. The van der Waals surface area contributed by atoms with Crippen LogP contribution in [0.4, 0.5) is 13.2 Å². The summed E-state index contributed by atoms with van der Waals surface area (Å²) in [6.45, 7) is 2.50. The lowest BCUT2D eigenvalue weighted by Gasteiger charge is -2.10. The van der Waals surface area contributed by atoms with Crippen LogP contribution in [0.3, 0.4) is 0 Å². The van der Waals surface area contributed by atoms with Crippen molar-refractivity contribution in [2.24, 2.45) is 0 Å². The van der Waals surface area contributed by atoms with E-state index in [2.05, 4.69) is 16.9 Å². The fraction of sp³-hybridized carbons (Fsp3) is 0.185. The highest BCUT2D eigenvalue weighted by molar-refractivity contribution is 7.99. The molecular formula is C27H22F3N3OS. The number of hydrogen-bond donors (Lipinski definition) is 1. The number of halogens is 3. The smallest absolute Gasteiger partial charge is 0.360 e. The number of aromatic nitrogens is 3. The quantitative estimate of drug-likeness (QED) is 0.194. The van der Waals surface area contributed by atoms with E-state index in [1.54, 1.807) is 6.20 Å². The molecular weight excluding hydrogens is 471 g/mol. The number of hydrogen-bond acceptors (Lipinski definition) is 3. The van der Waals surface area contributed by atoms with Crippen LogP contribution >= 0.6 is 11.8 Å². The predicted molar refractivity (Wildman–Crippen MR) is 133 cm³/mol.